The third-order valence-corrected chi connectivity index (χ3v) is 11.8. The maximum absolute atomic E-state index is 13.0. The third kappa shape index (κ3) is 3.25. The molecule has 1 saturated heterocycles. The number of allylic oxidation sites excluding steroid dienone is 4. The van der Waals surface area contributed by atoms with Crippen LogP contribution < -0.4 is 0 Å². The number of carbonyl (C=O) groups excluding carboxylic acids is 1. The van der Waals surface area contributed by atoms with Crippen molar-refractivity contribution in [1.29, 1.82) is 0 Å². The maximum Gasteiger partial charge on any atom is 0.181 e. The molecule has 1 N–H and O–H groups in total. The minimum Gasteiger partial charge on any atom is -0.393 e. The minimum absolute atomic E-state index is 0.0429. The van der Waals surface area contributed by atoms with Gasteiger partial charge in [0, 0.05) is 17.4 Å². The summed E-state index contributed by atoms with van der Waals surface area (Å²) in [6.45, 7) is 20.2. The molecule has 0 aromatic carbocycles. The van der Waals surface area contributed by atoms with Crippen molar-refractivity contribution >= 4 is 5.78 Å². The Kier molecular flexibility index (Phi) is 5.52. The van der Waals surface area contributed by atoms with E-state index in [9.17, 15) is 9.90 Å². The van der Waals surface area contributed by atoms with E-state index in [0.29, 0.717) is 17.8 Å². The van der Waals surface area contributed by atoms with Crippen LogP contribution in [0.5, 0.6) is 0 Å². The number of aliphatic hydroxyl groups excluding tert-OH is 1. The van der Waals surface area contributed by atoms with Gasteiger partial charge < -0.3 is 9.84 Å². The van der Waals surface area contributed by atoms with Gasteiger partial charge in [-0.25, -0.2) is 0 Å². The Balaban J connectivity index is 1.43. The van der Waals surface area contributed by atoms with Gasteiger partial charge in [-0.05, 0) is 86.0 Å². The molecule has 0 amide bonds. The normalized spacial score (nSPS) is 44.8. The predicted molar refractivity (Wildman–Crippen MR) is 137 cm³/mol. The SMILES string of the molecule is C=C(C)[C@@H](C)C[C@@H](O)[C@@H](C)[C@H]1CC[C@@]2(C)[C@@H]3CCC4=C(C[C@]35O[C@@H]5C[C@]12C)C(=O)C=CC4(C)C. The summed E-state index contributed by atoms with van der Waals surface area (Å²) >= 11 is 0. The topological polar surface area (TPSA) is 49.8 Å². The van der Waals surface area contributed by atoms with Crippen LogP contribution in [0.25, 0.3) is 0 Å². The van der Waals surface area contributed by atoms with Crippen LogP contribution in [0.2, 0.25) is 0 Å². The van der Waals surface area contributed by atoms with E-state index in [1.54, 1.807) is 0 Å². The molecule has 3 nitrogen and oxygen atoms in total. The average molecular weight is 467 g/mol. The van der Waals surface area contributed by atoms with Crippen LogP contribution in [0.4, 0.5) is 0 Å². The minimum atomic E-state index is -0.296. The lowest BCUT2D eigenvalue weighted by Gasteiger charge is -2.55. The number of aliphatic hydroxyl groups is 1. The fourth-order valence-corrected chi connectivity index (χ4v) is 9.10. The van der Waals surface area contributed by atoms with Gasteiger partial charge in [0.15, 0.2) is 5.78 Å². The highest BCUT2D eigenvalue weighted by molar-refractivity contribution is 6.06. The molecular weight excluding hydrogens is 420 g/mol. The van der Waals surface area contributed by atoms with Crippen molar-refractivity contribution in [2.75, 3.05) is 0 Å². The van der Waals surface area contributed by atoms with E-state index in [4.69, 9.17) is 4.74 Å². The van der Waals surface area contributed by atoms with Crippen LogP contribution in [-0.4, -0.2) is 28.7 Å². The first kappa shape index (κ1) is 24.5. The van der Waals surface area contributed by atoms with Crippen molar-refractivity contribution in [3.8, 4) is 0 Å². The molecule has 0 radical (unpaired) electrons. The number of epoxide rings is 1. The van der Waals surface area contributed by atoms with E-state index in [1.165, 1.54) is 18.4 Å². The number of carbonyl (C=O) groups is 1. The number of rotatable bonds is 5. The van der Waals surface area contributed by atoms with Crippen molar-refractivity contribution in [3.63, 3.8) is 0 Å². The Morgan fingerprint density at radius 3 is 2.59 bits per heavy atom. The summed E-state index contributed by atoms with van der Waals surface area (Å²) in [5.41, 5.74) is 3.70. The second kappa shape index (κ2) is 7.65. The zero-order valence-corrected chi connectivity index (χ0v) is 22.5. The molecule has 2 saturated carbocycles. The van der Waals surface area contributed by atoms with Crippen molar-refractivity contribution < 1.29 is 14.6 Å². The van der Waals surface area contributed by atoms with E-state index in [1.807, 2.05) is 6.08 Å². The summed E-state index contributed by atoms with van der Waals surface area (Å²) in [7, 11) is 0. The first-order valence-electron chi connectivity index (χ1n) is 13.7. The summed E-state index contributed by atoms with van der Waals surface area (Å²) in [4.78, 5) is 13.0. The average Bonchev–Trinajstić information content (AvgIpc) is 3.41. The maximum atomic E-state index is 13.0. The lowest BCUT2D eigenvalue weighted by Crippen LogP contribution is -2.54. The van der Waals surface area contributed by atoms with Crippen LogP contribution in [0.3, 0.4) is 0 Å². The highest BCUT2D eigenvalue weighted by Gasteiger charge is 2.76. The van der Waals surface area contributed by atoms with E-state index in [2.05, 4.69) is 61.1 Å². The van der Waals surface area contributed by atoms with E-state index >= 15 is 0 Å². The smallest absolute Gasteiger partial charge is 0.181 e. The van der Waals surface area contributed by atoms with Gasteiger partial charge in [-0.3, -0.25) is 4.79 Å². The Bertz CT molecular complexity index is 971. The molecule has 5 rings (SSSR count). The molecule has 0 unspecified atom stereocenters. The van der Waals surface area contributed by atoms with Gasteiger partial charge in [0.2, 0.25) is 0 Å². The Labute approximate surface area is 207 Å². The van der Waals surface area contributed by atoms with Gasteiger partial charge in [-0.2, -0.15) is 0 Å². The summed E-state index contributed by atoms with van der Waals surface area (Å²) in [5, 5.41) is 11.2. The highest BCUT2D eigenvalue weighted by atomic mass is 16.6. The summed E-state index contributed by atoms with van der Waals surface area (Å²) in [6.07, 6.45) is 11.0. The van der Waals surface area contributed by atoms with Gasteiger partial charge in [-0.1, -0.05) is 65.3 Å². The second-order valence-electron chi connectivity index (χ2n) is 13.8. The summed E-state index contributed by atoms with van der Waals surface area (Å²) < 4.78 is 6.68. The van der Waals surface area contributed by atoms with Gasteiger partial charge >= 0.3 is 0 Å². The van der Waals surface area contributed by atoms with Crippen LogP contribution in [0.1, 0.15) is 93.4 Å². The lowest BCUT2D eigenvalue weighted by molar-refractivity contribution is -0.112. The number of ketones is 1. The number of hydrogen-bond acceptors (Lipinski definition) is 3. The zero-order valence-electron chi connectivity index (χ0n) is 22.5. The Morgan fingerprint density at radius 2 is 1.91 bits per heavy atom. The molecule has 3 fully saturated rings. The molecule has 0 bridgehead atoms. The fraction of sp³-hybridized carbons (Fsp3) is 0.774. The first-order valence-corrected chi connectivity index (χ1v) is 13.7. The van der Waals surface area contributed by atoms with Gasteiger partial charge in [0.1, 0.15) is 5.60 Å². The Hall–Kier alpha value is -1.19. The van der Waals surface area contributed by atoms with E-state index in [-0.39, 0.29) is 45.8 Å². The number of fused-ring (bicyclic) bond motifs is 2. The summed E-state index contributed by atoms with van der Waals surface area (Å²) in [6, 6.07) is 0. The number of hydrogen-bond donors (Lipinski definition) is 1. The fourth-order valence-electron chi connectivity index (χ4n) is 9.10. The van der Waals surface area contributed by atoms with Crippen molar-refractivity contribution in [2.24, 2.45) is 39.9 Å². The van der Waals surface area contributed by atoms with Crippen molar-refractivity contribution in [3.05, 3.63) is 35.5 Å². The van der Waals surface area contributed by atoms with Crippen LogP contribution in [0, 0.1) is 39.9 Å². The lowest BCUT2D eigenvalue weighted by atomic mass is 9.48. The standard InChI is InChI=1S/C31H46O3/c1-18(2)19(3)15-25(33)20(4)22-11-14-29(7)26-10-9-23-21(24(32)12-13-28(23,5)6)16-31(26)27(34-31)17-30(22,29)8/h12-13,19-20,22,25-27,33H,1,9-11,14-17H2,2-8H3/t19-,20-,22+,25+,26-,27+,29-,30+,31-/m0/s1. The molecule has 0 aromatic heterocycles. The summed E-state index contributed by atoms with van der Waals surface area (Å²) in [5.74, 6) is 1.79. The largest absolute Gasteiger partial charge is 0.393 e. The van der Waals surface area contributed by atoms with Crippen molar-refractivity contribution in [2.45, 2.75) is 111 Å². The molecule has 1 heterocycles. The van der Waals surface area contributed by atoms with Crippen LogP contribution in [-0.2, 0) is 9.53 Å². The van der Waals surface area contributed by atoms with E-state index < -0.39 is 0 Å². The molecule has 9 atom stereocenters. The van der Waals surface area contributed by atoms with E-state index in [0.717, 1.165) is 43.3 Å². The molecule has 34 heavy (non-hydrogen) atoms. The first-order chi connectivity index (χ1) is 15.8. The number of ether oxygens (including phenoxy) is 1. The molecule has 0 aromatic rings. The molecule has 5 aliphatic rings. The predicted octanol–water partition coefficient (Wildman–Crippen LogP) is 6.81. The van der Waals surface area contributed by atoms with Crippen molar-refractivity contribution in [1.82, 2.24) is 0 Å². The second-order valence-corrected chi connectivity index (χ2v) is 13.8. The van der Waals surface area contributed by atoms with Gasteiger partial charge in [0.05, 0.1) is 12.2 Å². The van der Waals surface area contributed by atoms with Crippen LogP contribution >= 0.6 is 0 Å². The quantitative estimate of drug-likeness (QED) is 0.357. The van der Waals surface area contributed by atoms with Crippen LogP contribution in [0.15, 0.2) is 35.5 Å². The molecule has 188 valence electrons. The molecule has 3 heteroatoms. The zero-order chi connectivity index (χ0) is 24.8. The Morgan fingerprint density at radius 1 is 1.21 bits per heavy atom. The molecule has 4 aliphatic carbocycles. The molecular formula is C31H46O3. The highest BCUT2D eigenvalue weighted by Crippen LogP contribution is 2.76. The van der Waals surface area contributed by atoms with Gasteiger partial charge in [-0.15, -0.1) is 0 Å². The molecule has 1 spiro atoms. The molecule has 1 aliphatic heterocycles. The van der Waals surface area contributed by atoms with Gasteiger partial charge in [0.25, 0.3) is 0 Å². The third-order valence-electron chi connectivity index (χ3n) is 11.8. The monoisotopic (exact) mass is 466 g/mol.